The molecule has 0 saturated carbocycles. The van der Waals surface area contributed by atoms with Crippen molar-refractivity contribution in [1.82, 2.24) is 18.8 Å². The second-order valence-electron chi connectivity index (χ2n) is 6.53. The van der Waals surface area contributed by atoms with E-state index in [1.54, 1.807) is 4.31 Å². The predicted octanol–water partition coefficient (Wildman–Crippen LogP) is 3.10. The lowest BCUT2D eigenvalue weighted by atomic mass is 10.2. The lowest BCUT2D eigenvalue weighted by molar-refractivity contribution is 0.591. The van der Waals surface area contributed by atoms with Gasteiger partial charge < -0.3 is 16.0 Å². The van der Waals surface area contributed by atoms with E-state index in [4.69, 9.17) is 16.5 Å². The molecule has 0 radical (unpaired) electrons. The van der Waals surface area contributed by atoms with Crippen molar-refractivity contribution >= 4 is 29.7 Å². The summed E-state index contributed by atoms with van der Waals surface area (Å²) in [5.74, 6) is 1.68. The molecular weight excluding hydrogens is 332 g/mol. The molecule has 0 spiro atoms. The van der Waals surface area contributed by atoms with Crippen LogP contribution in [-0.2, 0) is 13.0 Å². The van der Waals surface area contributed by atoms with E-state index in [1.165, 1.54) is 5.56 Å². The summed E-state index contributed by atoms with van der Waals surface area (Å²) < 4.78 is 4.03. The SMILES string of the molecule is CCCCc1nc2c(N)nc(C)c(C)c2n1CCCCN.CN(C)S. The van der Waals surface area contributed by atoms with E-state index in [-0.39, 0.29) is 0 Å². The molecule has 142 valence electrons. The van der Waals surface area contributed by atoms with Crippen LogP contribution >= 0.6 is 12.8 Å². The third kappa shape index (κ3) is 6.17. The molecule has 0 saturated heterocycles. The second kappa shape index (κ2) is 10.6. The molecule has 2 heterocycles. The van der Waals surface area contributed by atoms with Crippen LogP contribution in [0.5, 0.6) is 0 Å². The first-order valence-corrected chi connectivity index (χ1v) is 9.41. The fourth-order valence-electron chi connectivity index (χ4n) is 2.73. The average molecular weight is 367 g/mol. The van der Waals surface area contributed by atoms with Crippen LogP contribution < -0.4 is 11.5 Å². The van der Waals surface area contributed by atoms with Crippen LogP contribution in [0.3, 0.4) is 0 Å². The Morgan fingerprint density at radius 1 is 1.12 bits per heavy atom. The first-order chi connectivity index (χ1) is 11.8. The summed E-state index contributed by atoms with van der Waals surface area (Å²) in [7, 11) is 3.73. The number of pyridine rings is 1. The molecule has 0 aromatic carbocycles. The summed E-state index contributed by atoms with van der Waals surface area (Å²) in [4.78, 5) is 9.19. The molecule has 2 aromatic heterocycles. The van der Waals surface area contributed by atoms with E-state index >= 15 is 0 Å². The van der Waals surface area contributed by atoms with E-state index in [0.717, 1.165) is 67.7 Å². The fraction of sp³-hybridized carbons (Fsp3) is 0.667. The summed E-state index contributed by atoms with van der Waals surface area (Å²) in [5, 5.41) is 0. The van der Waals surface area contributed by atoms with E-state index in [0.29, 0.717) is 5.82 Å². The van der Waals surface area contributed by atoms with Gasteiger partial charge in [-0.05, 0) is 59.3 Å². The lowest BCUT2D eigenvalue weighted by Crippen LogP contribution is -2.08. The Labute approximate surface area is 157 Å². The van der Waals surface area contributed by atoms with E-state index < -0.39 is 0 Å². The fourth-order valence-corrected chi connectivity index (χ4v) is 2.73. The number of hydrogen-bond acceptors (Lipinski definition) is 6. The minimum absolute atomic E-state index is 0.545. The molecule has 0 atom stereocenters. The number of nitrogens with two attached hydrogens (primary N) is 2. The largest absolute Gasteiger partial charge is 0.382 e. The highest BCUT2D eigenvalue weighted by Crippen LogP contribution is 2.27. The lowest BCUT2D eigenvalue weighted by Gasteiger charge is -2.11. The summed E-state index contributed by atoms with van der Waals surface area (Å²) in [6.07, 6.45) is 5.41. The zero-order valence-corrected chi connectivity index (χ0v) is 17.2. The van der Waals surface area contributed by atoms with Crippen molar-refractivity contribution < 1.29 is 0 Å². The maximum atomic E-state index is 6.08. The molecule has 0 aliphatic heterocycles. The second-order valence-corrected chi connectivity index (χ2v) is 7.33. The molecule has 6 nitrogen and oxygen atoms in total. The minimum atomic E-state index is 0.545. The van der Waals surface area contributed by atoms with Crippen molar-refractivity contribution in [3.05, 3.63) is 17.1 Å². The van der Waals surface area contributed by atoms with Gasteiger partial charge in [-0.3, -0.25) is 4.31 Å². The number of nitrogens with zero attached hydrogens (tertiary/aromatic N) is 4. The standard InChI is InChI=1S/C16H27N5.C2H7NS/c1-4-5-8-13-20-14-15(21(13)10-7-6-9-17)11(2)12(3)19-16(14)18;1-3(2)4/h4-10,17H2,1-3H3,(H2,18,19);4H,1-2H3. The molecule has 0 unspecified atom stereocenters. The third-order valence-electron chi connectivity index (χ3n) is 4.07. The molecule has 0 amide bonds. The Balaban J connectivity index is 0.000000705. The summed E-state index contributed by atoms with van der Waals surface area (Å²) in [5.41, 5.74) is 15.9. The van der Waals surface area contributed by atoms with Crippen LogP contribution in [0.15, 0.2) is 0 Å². The minimum Gasteiger partial charge on any atom is -0.382 e. The number of hydrogen-bond donors (Lipinski definition) is 3. The van der Waals surface area contributed by atoms with Crippen LogP contribution in [0.25, 0.3) is 11.0 Å². The van der Waals surface area contributed by atoms with Gasteiger partial charge >= 0.3 is 0 Å². The van der Waals surface area contributed by atoms with Crippen molar-refractivity contribution in [3.8, 4) is 0 Å². The van der Waals surface area contributed by atoms with Crippen LogP contribution in [0.4, 0.5) is 5.82 Å². The van der Waals surface area contributed by atoms with Crippen molar-refractivity contribution in [2.45, 2.75) is 59.4 Å². The van der Waals surface area contributed by atoms with Crippen LogP contribution in [0, 0.1) is 13.8 Å². The van der Waals surface area contributed by atoms with Gasteiger partial charge in [0.25, 0.3) is 0 Å². The first kappa shape index (κ1) is 21.7. The van der Waals surface area contributed by atoms with Gasteiger partial charge in [0.1, 0.15) is 11.3 Å². The Bertz CT molecular complexity index is 663. The Hall–Kier alpha value is -1.31. The number of aryl methyl sites for hydroxylation is 4. The Morgan fingerprint density at radius 3 is 2.32 bits per heavy atom. The highest BCUT2D eigenvalue weighted by Gasteiger charge is 2.16. The van der Waals surface area contributed by atoms with Crippen LogP contribution in [0.2, 0.25) is 0 Å². The molecule has 0 aliphatic carbocycles. The van der Waals surface area contributed by atoms with E-state index in [1.807, 2.05) is 21.0 Å². The number of nitrogen functional groups attached to an aromatic ring is 1. The molecule has 25 heavy (non-hydrogen) atoms. The summed E-state index contributed by atoms with van der Waals surface area (Å²) in [6.45, 7) is 8.00. The molecule has 4 N–H and O–H groups in total. The van der Waals surface area contributed by atoms with Gasteiger partial charge in [0.2, 0.25) is 0 Å². The summed E-state index contributed by atoms with van der Waals surface area (Å²) in [6, 6.07) is 0. The number of aromatic nitrogens is 3. The van der Waals surface area contributed by atoms with Gasteiger partial charge in [0.15, 0.2) is 5.82 Å². The monoisotopic (exact) mass is 366 g/mol. The third-order valence-corrected chi connectivity index (χ3v) is 4.07. The molecule has 0 bridgehead atoms. The van der Waals surface area contributed by atoms with Gasteiger partial charge in [0, 0.05) is 18.7 Å². The van der Waals surface area contributed by atoms with E-state index in [2.05, 4.69) is 36.2 Å². The van der Waals surface area contributed by atoms with Gasteiger partial charge in [0.05, 0.1) is 5.52 Å². The highest BCUT2D eigenvalue weighted by molar-refractivity contribution is 7.77. The zero-order chi connectivity index (χ0) is 19.0. The topological polar surface area (TPSA) is 86.0 Å². The number of rotatable bonds is 7. The Morgan fingerprint density at radius 2 is 1.76 bits per heavy atom. The van der Waals surface area contributed by atoms with Gasteiger partial charge in [-0.25, -0.2) is 9.97 Å². The molecule has 7 heteroatoms. The molecule has 0 aliphatic rings. The van der Waals surface area contributed by atoms with Crippen molar-refractivity contribution in [1.29, 1.82) is 0 Å². The van der Waals surface area contributed by atoms with Crippen molar-refractivity contribution in [2.75, 3.05) is 26.4 Å². The number of imidazole rings is 1. The maximum absolute atomic E-state index is 6.08. The molecule has 2 aromatic rings. The molecule has 2 rings (SSSR count). The number of fused-ring (bicyclic) bond motifs is 1. The number of anilines is 1. The highest BCUT2D eigenvalue weighted by atomic mass is 32.1. The Kier molecular flexibility index (Phi) is 9.24. The smallest absolute Gasteiger partial charge is 0.151 e. The van der Waals surface area contributed by atoms with Gasteiger partial charge in [-0.1, -0.05) is 26.2 Å². The van der Waals surface area contributed by atoms with Gasteiger partial charge in [-0.15, -0.1) is 0 Å². The van der Waals surface area contributed by atoms with Crippen LogP contribution in [-0.4, -0.2) is 39.5 Å². The zero-order valence-electron chi connectivity index (χ0n) is 16.3. The normalized spacial score (nSPS) is 11.0. The predicted molar refractivity (Wildman–Crippen MR) is 111 cm³/mol. The van der Waals surface area contributed by atoms with Gasteiger partial charge in [-0.2, -0.15) is 0 Å². The molecule has 0 fully saturated rings. The molecular formula is C18H34N6S. The van der Waals surface area contributed by atoms with Crippen LogP contribution in [0.1, 0.15) is 49.7 Å². The number of unbranched alkanes of at least 4 members (excludes halogenated alkanes) is 2. The quantitative estimate of drug-likeness (QED) is 0.518. The van der Waals surface area contributed by atoms with Crippen molar-refractivity contribution in [3.63, 3.8) is 0 Å². The first-order valence-electron chi connectivity index (χ1n) is 9.01. The number of thiol groups is 1. The maximum Gasteiger partial charge on any atom is 0.151 e. The van der Waals surface area contributed by atoms with E-state index in [9.17, 15) is 0 Å². The van der Waals surface area contributed by atoms with Crippen molar-refractivity contribution in [2.24, 2.45) is 5.73 Å². The average Bonchev–Trinajstić information content (AvgIpc) is 2.90. The summed E-state index contributed by atoms with van der Waals surface area (Å²) >= 11 is 3.80.